The summed E-state index contributed by atoms with van der Waals surface area (Å²) in [5, 5.41) is 1.09. The molecule has 2 saturated carbocycles. The third kappa shape index (κ3) is 3.55. The molecule has 7 heteroatoms. The van der Waals surface area contributed by atoms with E-state index in [4.69, 9.17) is 4.99 Å². The lowest BCUT2D eigenvalue weighted by molar-refractivity contribution is -0.131. The Kier molecular flexibility index (Phi) is 4.69. The predicted molar refractivity (Wildman–Crippen MR) is 136 cm³/mol. The minimum Gasteiger partial charge on any atom is -0.359 e. The van der Waals surface area contributed by atoms with Crippen LogP contribution < -0.4 is 0 Å². The molecule has 1 saturated heterocycles. The largest absolute Gasteiger partial charge is 0.359 e. The van der Waals surface area contributed by atoms with E-state index >= 15 is 4.39 Å². The summed E-state index contributed by atoms with van der Waals surface area (Å²) in [4.78, 5) is 37.6. The summed E-state index contributed by atoms with van der Waals surface area (Å²) in [5.74, 6) is 0.719. The molecule has 6 nitrogen and oxygen atoms in total. The highest BCUT2D eigenvalue weighted by atomic mass is 19.1. The van der Waals surface area contributed by atoms with E-state index in [1.54, 1.807) is 17.0 Å². The zero-order valence-electron chi connectivity index (χ0n) is 20.4. The van der Waals surface area contributed by atoms with E-state index in [1.807, 2.05) is 30.0 Å². The van der Waals surface area contributed by atoms with Gasteiger partial charge in [0.25, 0.3) is 5.91 Å². The summed E-state index contributed by atoms with van der Waals surface area (Å²) in [6.07, 6.45) is 4.30. The number of halogens is 1. The van der Waals surface area contributed by atoms with Gasteiger partial charge in [-0.25, -0.2) is 4.39 Å². The number of rotatable bonds is 5. The molecule has 1 spiro atoms. The second-order valence-electron chi connectivity index (χ2n) is 11.0. The zero-order valence-corrected chi connectivity index (χ0v) is 20.4. The molecule has 1 N–H and O–H groups in total. The fraction of sp³-hybridized carbons (Fsp3) is 0.414. The van der Waals surface area contributed by atoms with Gasteiger partial charge in [0.05, 0.1) is 5.56 Å². The van der Waals surface area contributed by atoms with Gasteiger partial charge >= 0.3 is 0 Å². The summed E-state index contributed by atoms with van der Waals surface area (Å²) in [7, 11) is 0. The molecule has 2 aromatic carbocycles. The third-order valence-corrected chi connectivity index (χ3v) is 8.21. The lowest BCUT2D eigenvalue weighted by Crippen LogP contribution is -2.41. The van der Waals surface area contributed by atoms with E-state index in [1.165, 1.54) is 0 Å². The van der Waals surface area contributed by atoms with Crippen LogP contribution in [0.5, 0.6) is 0 Å². The fourth-order valence-corrected chi connectivity index (χ4v) is 5.84. The predicted octanol–water partition coefficient (Wildman–Crippen LogP) is 4.66. The van der Waals surface area contributed by atoms with Gasteiger partial charge in [-0.05, 0) is 86.4 Å². The first-order chi connectivity index (χ1) is 17.4. The molecule has 7 rings (SSSR count). The highest BCUT2D eigenvalue weighted by molar-refractivity contribution is 6.16. The zero-order chi connectivity index (χ0) is 24.6. The van der Waals surface area contributed by atoms with E-state index < -0.39 is 5.54 Å². The summed E-state index contributed by atoms with van der Waals surface area (Å²) in [6.45, 7) is 3.92. The van der Waals surface area contributed by atoms with E-state index in [2.05, 4.69) is 17.1 Å². The number of aromatic amines is 1. The number of amides is 2. The van der Waals surface area contributed by atoms with Crippen molar-refractivity contribution < 1.29 is 14.0 Å². The Morgan fingerprint density at radius 3 is 2.64 bits per heavy atom. The molecule has 1 aromatic heterocycles. The molecule has 3 fully saturated rings. The van der Waals surface area contributed by atoms with Crippen LogP contribution in [0.3, 0.4) is 0 Å². The summed E-state index contributed by atoms with van der Waals surface area (Å²) in [6, 6.07) is 13.4. The second kappa shape index (κ2) is 7.76. The number of likely N-dealkylation sites (tertiary alicyclic amines) is 1. The number of H-pyrrole nitrogens is 1. The molecule has 2 aliphatic carbocycles. The number of aryl methyl sites for hydroxylation is 1. The Hall–Kier alpha value is -3.48. The molecular weight excluding hydrogens is 455 g/mol. The molecule has 4 aliphatic rings. The lowest BCUT2D eigenvalue weighted by Gasteiger charge is -2.24. The number of hydrogen-bond donors (Lipinski definition) is 1. The number of benzene rings is 2. The average molecular weight is 485 g/mol. The smallest absolute Gasteiger partial charge is 0.256 e. The number of nitrogens with zero attached hydrogens (tertiary/aromatic N) is 3. The van der Waals surface area contributed by atoms with Crippen LogP contribution in [0.1, 0.15) is 43.4 Å². The average Bonchev–Trinajstić information content (AvgIpc) is 3.76. The van der Waals surface area contributed by atoms with Gasteiger partial charge in [-0.15, -0.1) is 0 Å². The minimum atomic E-state index is -0.695. The van der Waals surface area contributed by atoms with E-state index in [9.17, 15) is 9.59 Å². The van der Waals surface area contributed by atoms with Crippen LogP contribution in [0, 0.1) is 24.6 Å². The summed E-state index contributed by atoms with van der Waals surface area (Å²) < 4.78 is 15.6. The molecule has 0 unspecified atom stereocenters. The molecule has 184 valence electrons. The SMILES string of the molecule is Cc1cc2cc(-c3ccc(C4=NC5(CC5)C(=O)N4C[C@@H]4CCN(C(=O)C5CC5)C4)c(F)c3)ccc2[nH]1. The number of nitrogens with one attached hydrogen (secondary N) is 1. The van der Waals surface area contributed by atoms with Gasteiger partial charge in [0.15, 0.2) is 0 Å². The summed E-state index contributed by atoms with van der Waals surface area (Å²) >= 11 is 0. The van der Waals surface area contributed by atoms with Crippen LogP contribution in [-0.2, 0) is 9.59 Å². The monoisotopic (exact) mass is 484 g/mol. The molecular formula is C29H29FN4O2. The van der Waals surface area contributed by atoms with Crippen LogP contribution in [0.25, 0.3) is 22.0 Å². The van der Waals surface area contributed by atoms with Crippen molar-refractivity contribution >= 4 is 28.6 Å². The lowest BCUT2D eigenvalue weighted by atomic mass is 10.0. The number of hydrogen-bond acceptors (Lipinski definition) is 3. The standard InChI is InChI=1S/C29H29FN4O2/c1-17-12-22-13-20(5-7-25(22)31-17)21-4-6-23(24(30)14-21)26-32-29(9-10-29)28(36)34(26)16-18-8-11-33(15-18)27(35)19-2-3-19/h4-7,12-14,18-19,31H,2-3,8-11,15-16H2,1H3/t18-/m1/s1. The van der Waals surface area contributed by atoms with Crippen molar-refractivity contribution in [2.24, 2.45) is 16.8 Å². The number of carbonyl (C=O) groups excluding carboxylic acids is 2. The molecule has 2 amide bonds. The highest BCUT2D eigenvalue weighted by Crippen LogP contribution is 2.46. The van der Waals surface area contributed by atoms with Crippen LogP contribution >= 0.6 is 0 Å². The van der Waals surface area contributed by atoms with Crippen molar-refractivity contribution in [3.63, 3.8) is 0 Å². The van der Waals surface area contributed by atoms with Crippen LogP contribution in [-0.4, -0.2) is 57.6 Å². The van der Waals surface area contributed by atoms with Crippen LogP contribution in [0.4, 0.5) is 4.39 Å². The van der Waals surface area contributed by atoms with Gasteiger partial charge in [-0.2, -0.15) is 0 Å². The van der Waals surface area contributed by atoms with Gasteiger partial charge in [-0.1, -0.05) is 12.1 Å². The molecule has 3 aromatic rings. The first-order valence-corrected chi connectivity index (χ1v) is 13.0. The maximum atomic E-state index is 15.6. The van der Waals surface area contributed by atoms with Crippen molar-refractivity contribution in [3.05, 3.63) is 59.5 Å². The molecule has 3 heterocycles. The van der Waals surface area contributed by atoms with Crippen molar-refractivity contribution in [2.45, 2.75) is 44.6 Å². The number of aromatic nitrogens is 1. The normalized spacial score (nSPS) is 22.7. The van der Waals surface area contributed by atoms with E-state index in [0.717, 1.165) is 66.4 Å². The summed E-state index contributed by atoms with van der Waals surface area (Å²) in [5.41, 5.74) is 3.56. The number of amidine groups is 1. The second-order valence-corrected chi connectivity index (χ2v) is 11.0. The van der Waals surface area contributed by atoms with Gasteiger partial charge < -0.3 is 9.88 Å². The Labute approximate surface area is 209 Å². The Balaban J connectivity index is 1.15. The highest BCUT2D eigenvalue weighted by Gasteiger charge is 2.58. The number of fused-ring (bicyclic) bond motifs is 1. The van der Waals surface area contributed by atoms with Gasteiger partial charge in [-0.3, -0.25) is 19.5 Å². The first-order valence-electron chi connectivity index (χ1n) is 13.0. The first kappa shape index (κ1) is 21.8. The van der Waals surface area contributed by atoms with Crippen molar-refractivity contribution in [1.29, 1.82) is 0 Å². The molecule has 0 radical (unpaired) electrons. The van der Waals surface area contributed by atoms with Gasteiger partial charge in [0, 0.05) is 42.1 Å². The van der Waals surface area contributed by atoms with E-state index in [-0.39, 0.29) is 29.5 Å². The molecule has 0 bridgehead atoms. The fourth-order valence-electron chi connectivity index (χ4n) is 5.84. The maximum absolute atomic E-state index is 15.6. The van der Waals surface area contributed by atoms with E-state index in [0.29, 0.717) is 24.5 Å². The van der Waals surface area contributed by atoms with Crippen molar-refractivity contribution in [1.82, 2.24) is 14.8 Å². The number of carbonyl (C=O) groups is 2. The van der Waals surface area contributed by atoms with Crippen LogP contribution in [0.15, 0.2) is 47.5 Å². The molecule has 36 heavy (non-hydrogen) atoms. The quantitative estimate of drug-likeness (QED) is 0.572. The topological polar surface area (TPSA) is 68.8 Å². The van der Waals surface area contributed by atoms with Gasteiger partial charge in [0.2, 0.25) is 5.91 Å². The van der Waals surface area contributed by atoms with Crippen molar-refractivity contribution in [2.75, 3.05) is 19.6 Å². The molecule has 1 atom stereocenters. The van der Waals surface area contributed by atoms with Crippen LogP contribution in [0.2, 0.25) is 0 Å². The van der Waals surface area contributed by atoms with Gasteiger partial charge in [0.1, 0.15) is 17.2 Å². The number of aliphatic imine (C=N–C) groups is 1. The Morgan fingerprint density at radius 1 is 1.11 bits per heavy atom. The Bertz CT molecular complexity index is 1450. The third-order valence-electron chi connectivity index (χ3n) is 8.21. The minimum absolute atomic E-state index is 0.0128. The maximum Gasteiger partial charge on any atom is 0.256 e. The Morgan fingerprint density at radius 2 is 1.89 bits per heavy atom. The molecule has 2 aliphatic heterocycles. The van der Waals surface area contributed by atoms with Crippen molar-refractivity contribution in [3.8, 4) is 11.1 Å².